The fourth-order valence-electron chi connectivity index (χ4n) is 2.64. The van der Waals surface area contributed by atoms with Crippen molar-refractivity contribution in [1.82, 2.24) is 10.6 Å². The summed E-state index contributed by atoms with van der Waals surface area (Å²) in [5.41, 5.74) is 0. The van der Waals surface area contributed by atoms with Crippen molar-refractivity contribution in [2.24, 2.45) is 0 Å². The quantitative estimate of drug-likeness (QED) is 0.876. The van der Waals surface area contributed by atoms with E-state index in [1.807, 2.05) is 17.8 Å². The number of thioether (sulfide) groups is 1. The minimum Gasteiger partial charge on any atom is -0.353 e. The molecule has 20 heavy (non-hydrogen) atoms. The smallest absolute Gasteiger partial charge is 0.237 e. The summed E-state index contributed by atoms with van der Waals surface area (Å²) in [6.45, 7) is 1.77. The van der Waals surface area contributed by atoms with E-state index < -0.39 is 0 Å². The summed E-state index contributed by atoms with van der Waals surface area (Å²) >= 11 is 1.91. The van der Waals surface area contributed by atoms with Gasteiger partial charge in [-0.05, 0) is 44.4 Å². The molecule has 1 aromatic carbocycles. The third kappa shape index (κ3) is 3.55. The molecule has 3 rings (SSSR count). The van der Waals surface area contributed by atoms with Gasteiger partial charge in [-0.25, -0.2) is 0 Å². The van der Waals surface area contributed by atoms with E-state index in [0.29, 0.717) is 0 Å². The highest BCUT2D eigenvalue weighted by atomic mass is 32.2. The summed E-state index contributed by atoms with van der Waals surface area (Å²) in [5.74, 6) is 0.185. The third-order valence-electron chi connectivity index (χ3n) is 4.10. The van der Waals surface area contributed by atoms with Crippen LogP contribution in [0.15, 0.2) is 35.2 Å². The van der Waals surface area contributed by atoms with Gasteiger partial charge in [0, 0.05) is 16.2 Å². The Morgan fingerprint density at radius 1 is 1.30 bits per heavy atom. The van der Waals surface area contributed by atoms with Crippen LogP contribution in [0.1, 0.15) is 32.1 Å². The van der Waals surface area contributed by atoms with E-state index in [0.717, 1.165) is 25.9 Å². The number of rotatable bonds is 5. The van der Waals surface area contributed by atoms with Crippen LogP contribution < -0.4 is 10.6 Å². The first-order valence-corrected chi connectivity index (χ1v) is 8.34. The zero-order valence-electron chi connectivity index (χ0n) is 11.7. The zero-order chi connectivity index (χ0) is 13.8. The van der Waals surface area contributed by atoms with Crippen molar-refractivity contribution in [2.45, 2.75) is 47.8 Å². The predicted octanol–water partition coefficient (Wildman–Crippen LogP) is 2.57. The molecular weight excluding hydrogens is 268 g/mol. The van der Waals surface area contributed by atoms with E-state index in [2.05, 4.69) is 34.9 Å². The van der Waals surface area contributed by atoms with Gasteiger partial charge in [0.25, 0.3) is 0 Å². The number of hydrogen-bond acceptors (Lipinski definition) is 3. The SMILES string of the molecule is O=C(NCC1(Sc2ccccc2)CC1)C1CCCCN1. The molecule has 1 unspecified atom stereocenters. The Kier molecular flexibility index (Phi) is 4.32. The van der Waals surface area contributed by atoms with Crippen molar-refractivity contribution >= 4 is 17.7 Å². The average molecular weight is 290 g/mol. The van der Waals surface area contributed by atoms with Gasteiger partial charge in [0.05, 0.1) is 6.04 Å². The summed E-state index contributed by atoms with van der Waals surface area (Å²) in [6.07, 6.45) is 5.73. The van der Waals surface area contributed by atoms with Crippen LogP contribution in [-0.2, 0) is 4.79 Å². The van der Waals surface area contributed by atoms with Crippen LogP contribution in [0, 0.1) is 0 Å². The Balaban J connectivity index is 1.49. The number of carbonyl (C=O) groups is 1. The normalized spacial score (nSPS) is 24.1. The lowest BCUT2D eigenvalue weighted by Crippen LogP contribution is -2.48. The van der Waals surface area contributed by atoms with Gasteiger partial charge in [-0.3, -0.25) is 4.79 Å². The van der Waals surface area contributed by atoms with E-state index in [4.69, 9.17) is 0 Å². The number of amides is 1. The number of nitrogens with one attached hydrogen (secondary N) is 2. The standard InChI is InChI=1S/C16H22N2OS/c19-15(14-8-4-5-11-17-14)18-12-16(9-10-16)20-13-6-2-1-3-7-13/h1-3,6-7,14,17H,4-5,8-12H2,(H,18,19). The van der Waals surface area contributed by atoms with Crippen LogP contribution in [0.3, 0.4) is 0 Å². The third-order valence-corrected chi connectivity index (χ3v) is 5.59. The van der Waals surface area contributed by atoms with E-state index in [9.17, 15) is 4.79 Å². The molecule has 1 saturated heterocycles. The van der Waals surface area contributed by atoms with Gasteiger partial charge < -0.3 is 10.6 Å². The van der Waals surface area contributed by atoms with Gasteiger partial charge in [0.1, 0.15) is 0 Å². The molecule has 2 aliphatic rings. The minimum atomic E-state index is 0.0290. The van der Waals surface area contributed by atoms with Crippen LogP contribution in [-0.4, -0.2) is 29.8 Å². The second-order valence-corrected chi connectivity index (χ2v) is 7.36. The monoisotopic (exact) mass is 290 g/mol. The van der Waals surface area contributed by atoms with E-state index in [1.54, 1.807) is 0 Å². The molecule has 4 heteroatoms. The fraction of sp³-hybridized carbons (Fsp3) is 0.562. The maximum atomic E-state index is 12.1. The van der Waals surface area contributed by atoms with Crippen molar-refractivity contribution in [1.29, 1.82) is 0 Å². The number of benzene rings is 1. The van der Waals surface area contributed by atoms with Crippen LogP contribution in [0.4, 0.5) is 0 Å². The van der Waals surface area contributed by atoms with Gasteiger partial charge in [0.15, 0.2) is 0 Å². The molecule has 1 heterocycles. The fourth-order valence-corrected chi connectivity index (χ4v) is 3.88. The Morgan fingerprint density at radius 2 is 2.10 bits per heavy atom. The Morgan fingerprint density at radius 3 is 2.75 bits per heavy atom. The van der Waals surface area contributed by atoms with Gasteiger partial charge in [-0.2, -0.15) is 0 Å². The first-order valence-electron chi connectivity index (χ1n) is 7.53. The molecule has 108 valence electrons. The van der Waals surface area contributed by atoms with Gasteiger partial charge in [-0.1, -0.05) is 24.6 Å². The number of hydrogen-bond donors (Lipinski definition) is 2. The van der Waals surface area contributed by atoms with Crippen LogP contribution in [0.2, 0.25) is 0 Å². The number of piperidine rings is 1. The highest BCUT2D eigenvalue weighted by molar-refractivity contribution is 8.01. The molecular formula is C16H22N2OS. The molecule has 1 amide bonds. The Bertz CT molecular complexity index is 453. The summed E-state index contributed by atoms with van der Waals surface area (Å²) in [5, 5.41) is 6.46. The lowest BCUT2D eigenvalue weighted by molar-refractivity contribution is -0.123. The maximum absolute atomic E-state index is 12.1. The van der Waals surface area contributed by atoms with Gasteiger partial charge >= 0.3 is 0 Å². The molecule has 3 nitrogen and oxygen atoms in total. The maximum Gasteiger partial charge on any atom is 0.237 e. The second-order valence-electron chi connectivity index (χ2n) is 5.82. The first-order chi connectivity index (χ1) is 9.77. The predicted molar refractivity (Wildman–Crippen MR) is 82.9 cm³/mol. The van der Waals surface area contributed by atoms with Crippen molar-refractivity contribution in [3.8, 4) is 0 Å². The summed E-state index contributed by atoms with van der Waals surface area (Å²) in [7, 11) is 0. The van der Waals surface area contributed by atoms with Crippen molar-refractivity contribution in [3.05, 3.63) is 30.3 Å². The Hall–Kier alpha value is -1.00. The lowest BCUT2D eigenvalue weighted by atomic mass is 10.0. The highest BCUT2D eigenvalue weighted by Gasteiger charge is 2.44. The summed E-state index contributed by atoms with van der Waals surface area (Å²) < 4.78 is 0.242. The molecule has 1 aliphatic heterocycles. The van der Waals surface area contributed by atoms with E-state index in [-0.39, 0.29) is 16.7 Å². The van der Waals surface area contributed by atoms with Gasteiger partial charge in [-0.15, -0.1) is 11.8 Å². The molecule has 0 bridgehead atoms. The molecule has 0 spiro atoms. The van der Waals surface area contributed by atoms with Crippen LogP contribution in [0.25, 0.3) is 0 Å². The molecule has 0 aromatic heterocycles. The van der Waals surface area contributed by atoms with Crippen LogP contribution >= 0.6 is 11.8 Å². The first kappa shape index (κ1) is 14.0. The molecule has 1 aliphatic carbocycles. The van der Waals surface area contributed by atoms with Crippen molar-refractivity contribution in [2.75, 3.05) is 13.1 Å². The van der Waals surface area contributed by atoms with E-state index in [1.165, 1.54) is 24.2 Å². The topological polar surface area (TPSA) is 41.1 Å². The average Bonchev–Trinajstić information content (AvgIpc) is 3.27. The van der Waals surface area contributed by atoms with Crippen molar-refractivity contribution < 1.29 is 4.79 Å². The molecule has 1 aromatic rings. The lowest BCUT2D eigenvalue weighted by Gasteiger charge is -2.24. The Labute approximate surface area is 124 Å². The molecule has 1 atom stereocenters. The molecule has 1 saturated carbocycles. The second kappa shape index (κ2) is 6.19. The molecule has 2 N–H and O–H groups in total. The van der Waals surface area contributed by atoms with Crippen molar-refractivity contribution in [3.63, 3.8) is 0 Å². The summed E-state index contributed by atoms with van der Waals surface area (Å²) in [6, 6.07) is 10.5. The van der Waals surface area contributed by atoms with E-state index >= 15 is 0 Å². The van der Waals surface area contributed by atoms with Gasteiger partial charge in [0.2, 0.25) is 5.91 Å². The minimum absolute atomic E-state index is 0.0290. The number of carbonyl (C=O) groups excluding carboxylic acids is 1. The summed E-state index contributed by atoms with van der Waals surface area (Å²) in [4.78, 5) is 13.4. The molecule has 2 fully saturated rings. The van der Waals surface area contributed by atoms with Crippen LogP contribution in [0.5, 0.6) is 0 Å². The zero-order valence-corrected chi connectivity index (χ0v) is 12.5. The molecule has 0 radical (unpaired) electrons. The largest absolute Gasteiger partial charge is 0.353 e. The highest BCUT2D eigenvalue weighted by Crippen LogP contribution is 2.51.